The molecule has 0 aromatic carbocycles. The van der Waals surface area contributed by atoms with Crippen LogP contribution in [0.2, 0.25) is 0 Å². The number of esters is 1. The van der Waals surface area contributed by atoms with Crippen molar-refractivity contribution in [1.82, 2.24) is 5.32 Å². The lowest BCUT2D eigenvalue weighted by molar-refractivity contribution is -0.153. The van der Waals surface area contributed by atoms with Gasteiger partial charge in [-0.1, -0.05) is 26.2 Å². The number of nitrogens with one attached hydrogen (secondary N) is 1. The maximum absolute atomic E-state index is 12.3. The lowest BCUT2D eigenvalue weighted by Gasteiger charge is -2.32. The largest absolute Gasteiger partial charge is 0.468 e. The Balaban J connectivity index is 1.83. The van der Waals surface area contributed by atoms with E-state index in [4.69, 9.17) is 9.47 Å². The molecule has 1 unspecified atom stereocenters. The van der Waals surface area contributed by atoms with E-state index < -0.39 is 5.54 Å². The van der Waals surface area contributed by atoms with Gasteiger partial charge in [0.25, 0.3) is 0 Å². The highest BCUT2D eigenvalue weighted by Gasteiger charge is 2.54. The maximum Gasteiger partial charge on any atom is 0.328 e. The van der Waals surface area contributed by atoms with E-state index in [1.807, 2.05) is 0 Å². The summed E-state index contributed by atoms with van der Waals surface area (Å²) in [4.78, 5) is 12.3. The fourth-order valence-electron chi connectivity index (χ4n) is 2.78. The first-order valence-corrected chi connectivity index (χ1v) is 8.16. The Hall–Kier alpha value is -0.610. The van der Waals surface area contributed by atoms with Crippen molar-refractivity contribution in [2.75, 3.05) is 20.3 Å². The van der Waals surface area contributed by atoms with Gasteiger partial charge in [-0.15, -0.1) is 0 Å². The van der Waals surface area contributed by atoms with Gasteiger partial charge in [0.15, 0.2) is 0 Å². The summed E-state index contributed by atoms with van der Waals surface area (Å²) < 4.78 is 10.9. The highest BCUT2D eigenvalue weighted by molar-refractivity contribution is 5.82. The Morgan fingerprint density at radius 2 is 1.95 bits per heavy atom. The number of methoxy groups -OCH3 is 1. The highest BCUT2D eigenvalue weighted by Crippen LogP contribution is 2.42. The molecule has 1 atom stereocenters. The second kappa shape index (κ2) is 7.41. The Morgan fingerprint density at radius 3 is 2.50 bits per heavy atom. The minimum atomic E-state index is -0.583. The third-order valence-electron chi connectivity index (χ3n) is 4.33. The van der Waals surface area contributed by atoms with Crippen LogP contribution < -0.4 is 5.32 Å². The number of unbranched alkanes of at least 4 members (excludes halogenated alkanes) is 3. The molecule has 0 bridgehead atoms. The van der Waals surface area contributed by atoms with Crippen molar-refractivity contribution < 1.29 is 14.3 Å². The fourth-order valence-corrected chi connectivity index (χ4v) is 2.78. The van der Waals surface area contributed by atoms with Gasteiger partial charge < -0.3 is 9.47 Å². The third kappa shape index (κ3) is 4.19. The first-order valence-electron chi connectivity index (χ1n) is 8.16. The van der Waals surface area contributed by atoms with Crippen molar-refractivity contribution in [3.63, 3.8) is 0 Å². The molecule has 2 fully saturated rings. The van der Waals surface area contributed by atoms with Gasteiger partial charge in [0.05, 0.1) is 13.7 Å². The Morgan fingerprint density at radius 1 is 1.20 bits per heavy atom. The SMILES string of the molecule is CCCCCCOCC(NC1CC1)(C(=O)OC)C1CC1. The van der Waals surface area contributed by atoms with Gasteiger partial charge in [0.2, 0.25) is 0 Å². The molecule has 0 spiro atoms. The molecule has 4 nitrogen and oxygen atoms in total. The summed E-state index contributed by atoms with van der Waals surface area (Å²) in [5, 5.41) is 3.52. The van der Waals surface area contributed by atoms with E-state index in [2.05, 4.69) is 12.2 Å². The van der Waals surface area contributed by atoms with Gasteiger partial charge in [0.1, 0.15) is 5.54 Å². The predicted molar refractivity (Wildman–Crippen MR) is 78.6 cm³/mol. The van der Waals surface area contributed by atoms with Crippen LogP contribution in [-0.2, 0) is 14.3 Å². The number of rotatable bonds is 11. The van der Waals surface area contributed by atoms with Gasteiger partial charge >= 0.3 is 5.97 Å². The minimum absolute atomic E-state index is 0.138. The van der Waals surface area contributed by atoms with Gasteiger partial charge in [-0.3, -0.25) is 5.32 Å². The van der Waals surface area contributed by atoms with Gasteiger partial charge in [-0.25, -0.2) is 4.79 Å². The number of carbonyl (C=O) groups excluding carboxylic acids is 1. The molecule has 20 heavy (non-hydrogen) atoms. The van der Waals surface area contributed by atoms with Crippen molar-refractivity contribution in [2.24, 2.45) is 5.92 Å². The average molecular weight is 283 g/mol. The van der Waals surface area contributed by atoms with E-state index in [1.165, 1.54) is 39.2 Å². The molecular formula is C16H29NO3. The molecule has 0 aromatic rings. The summed E-state index contributed by atoms with van der Waals surface area (Å²) >= 11 is 0. The van der Waals surface area contributed by atoms with Gasteiger partial charge in [-0.2, -0.15) is 0 Å². The van der Waals surface area contributed by atoms with E-state index in [1.54, 1.807) is 0 Å². The number of hydrogen-bond acceptors (Lipinski definition) is 4. The van der Waals surface area contributed by atoms with Crippen LogP contribution in [0.15, 0.2) is 0 Å². The lowest BCUT2D eigenvalue weighted by atomic mass is 9.94. The number of carbonyl (C=O) groups is 1. The van der Waals surface area contributed by atoms with Crippen molar-refractivity contribution in [1.29, 1.82) is 0 Å². The van der Waals surface area contributed by atoms with Crippen LogP contribution >= 0.6 is 0 Å². The summed E-state index contributed by atoms with van der Waals surface area (Å²) in [7, 11) is 1.48. The first-order chi connectivity index (χ1) is 9.73. The van der Waals surface area contributed by atoms with Crippen LogP contribution in [0.3, 0.4) is 0 Å². The molecule has 2 saturated carbocycles. The molecule has 2 aliphatic carbocycles. The molecule has 116 valence electrons. The van der Waals surface area contributed by atoms with Gasteiger partial charge in [0, 0.05) is 12.6 Å². The number of ether oxygens (including phenoxy) is 2. The van der Waals surface area contributed by atoms with E-state index in [0.29, 0.717) is 18.6 Å². The van der Waals surface area contributed by atoms with Crippen LogP contribution in [0.25, 0.3) is 0 Å². The normalized spacial score (nSPS) is 21.5. The van der Waals surface area contributed by atoms with E-state index in [9.17, 15) is 4.79 Å². The molecule has 1 N–H and O–H groups in total. The highest BCUT2D eigenvalue weighted by atomic mass is 16.5. The summed E-state index contributed by atoms with van der Waals surface area (Å²) in [5.41, 5.74) is -0.583. The van der Waals surface area contributed by atoms with Crippen LogP contribution in [0.4, 0.5) is 0 Å². The standard InChI is InChI=1S/C16H29NO3/c1-3-4-5-6-11-20-12-16(13-7-8-13,15(18)19-2)17-14-9-10-14/h13-14,17H,3-12H2,1-2H3. The topological polar surface area (TPSA) is 47.6 Å². The average Bonchev–Trinajstić information content (AvgIpc) is 3.32. The predicted octanol–water partition coefficient (Wildman–Crippen LogP) is 2.66. The number of hydrogen-bond donors (Lipinski definition) is 1. The summed E-state index contributed by atoms with van der Waals surface area (Å²) in [6.45, 7) is 3.42. The quantitative estimate of drug-likeness (QED) is 0.468. The van der Waals surface area contributed by atoms with E-state index >= 15 is 0 Å². The molecule has 0 saturated heterocycles. The zero-order chi connectivity index (χ0) is 14.4. The van der Waals surface area contributed by atoms with Crippen molar-refractivity contribution in [2.45, 2.75) is 69.9 Å². The van der Waals surface area contributed by atoms with Crippen LogP contribution in [0, 0.1) is 5.92 Å². The Bertz CT molecular complexity index is 313. The molecule has 0 radical (unpaired) electrons. The van der Waals surface area contributed by atoms with Gasteiger partial charge in [-0.05, 0) is 38.0 Å². The van der Waals surface area contributed by atoms with Crippen molar-refractivity contribution in [3.05, 3.63) is 0 Å². The van der Waals surface area contributed by atoms with E-state index in [-0.39, 0.29) is 5.97 Å². The second-order valence-electron chi connectivity index (χ2n) is 6.27. The Kier molecular flexibility index (Phi) is 5.85. The molecular weight excluding hydrogens is 254 g/mol. The third-order valence-corrected chi connectivity index (χ3v) is 4.33. The fraction of sp³-hybridized carbons (Fsp3) is 0.938. The lowest BCUT2D eigenvalue weighted by Crippen LogP contribution is -2.59. The van der Waals surface area contributed by atoms with Crippen molar-refractivity contribution in [3.8, 4) is 0 Å². The minimum Gasteiger partial charge on any atom is -0.468 e. The smallest absolute Gasteiger partial charge is 0.328 e. The van der Waals surface area contributed by atoms with Crippen LogP contribution in [0.5, 0.6) is 0 Å². The van der Waals surface area contributed by atoms with Crippen molar-refractivity contribution >= 4 is 5.97 Å². The van der Waals surface area contributed by atoms with Crippen LogP contribution in [0.1, 0.15) is 58.3 Å². The molecule has 4 heteroatoms. The van der Waals surface area contributed by atoms with Crippen LogP contribution in [-0.4, -0.2) is 37.9 Å². The summed E-state index contributed by atoms with van der Waals surface area (Å²) in [6.07, 6.45) is 9.33. The monoisotopic (exact) mass is 283 g/mol. The molecule has 2 rings (SSSR count). The summed E-state index contributed by atoms with van der Waals surface area (Å²) in [6, 6.07) is 0.485. The molecule has 0 heterocycles. The maximum atomic E-state index is 12.3. The Labute approximate surface area is 122 Å². The first kappa shape index (κ1) is 15.8. The molecule has 0 aliphatic heterocycles. The van der Waals surface area contributed by atoms with E-state index in [0.717, 1.165) is 25.9 Å². The second-order valence-corrected chi connectivity index (χ2v) is 6.27. The molecule has 0 amide bonds. The zero-order valence-electron chi connectivity index (χ0n) is 13.0. The molecule has 0 aromatic heterocycles. The summed E-state index contributed by atoms with van der Waals surface area (Å²) in [5.74, 6) is 0.256. The zero-order valence-corrected chi connectivity index (χ0v) is 13.0. The molecule has 2 aliphatic rings.